The summed E-state index contributed by atoms with van der Waals surface area (Å²) in [5, 5.41) is 16.7. The molecule has 0 aliphatic carbocycles. The van der Waals surface area contributed by atoms with E-state index in [9.17, 15) is 10.1 Å². The molecule has 0 radical (unpaired) electrons. The Labute approximate surface area is 189 Å². The number of hydrogen-bond donors (Lipinski definition) is 1. The Balaban J connectivity index is 1.90. The first kappa shape index (κ1) is 22.8. The average Bonchev–Trinajstić information content (AvgIpc) is 3.26. The number of unbranched alkanes of at least 4 members (excludes halogenated alkanes) is 3. The van der Waals surface area contributed by atoms with E-state index in [-0.39, 0.29) is 5.57 Å². The molecular weight excluding hydrogens is 400 g/mol. The zero-order valence-electron chi connectivity index (χ0n) is 18.5. The molecular formula is C26H28N4O2. The lowest BCUT2D eigenvalue weighted by atomic mass is 10.1. The van der Waals surface area contributed by atoms with Gasteiger partial charge in [0.1, 0.15) is 17.4 Å². The van der Waals surface area contributed by atoms with Gasteiger partial charge in [-0.2, -0.15) is 10.4 Å². The molecule has 0 atom stereocenters. The normalized spacial score (nSPS) is 11.1. The Morgan fingerprint density at radius 3 is 2.53 bits per heavy atom. The van der Waals surface area contributed by atoms with Crippen molar-refractivity contribution >= 4 is 12.0 Å². The number of benzene rings is 2. The molecule has 0 saturated carbocycles. The van der Waals surface area contributed by atoms with Gasteiger partial charge in [0.15, 0.2) is 0 Å². The number of aromatic nitrogens is 2. The first-order valence-corrected chi connectivity index (χ1v) is 10.9. The highest BCUT2D eigenvalue weighted by atomic mass is 16.5. The van der Waals surface area contributed by atoms with Gasteiger partial charge in [-0.3, -0.25) is 4.79 Å². The van der Waals surface area contributed by atoms with Gasteiger partial charge in [0.2, 0.25) is 0 Å². The lowest BCUT2D eigenvalue weighted by molar-refractivity contribution is -0.116. The second kappa shape index (κ2) is 11.5. The number of para-hydroxylation sites is 1. The number of carbonyl (C=O) groups is 1. The molecule has 1 aromatic heterocycles. The molecule has 1 N–H and O–H groups in total. The molecule has 1 heterocycles. The minimum Gasteiger partial charge on any atom is -0.494 e. The summed E-state index contributed by atoms with van der Waals surface area (Å²) in [5.41, 5.74) is 3.15. The first-order chi connectivity index (χ1) is 15.7. The number of nitrogens with one attached hydrogen (secondary N) is 1. The SMILES string of the molecule is CCCCCCOc1ccc(-c2nn(-c3ccccc3)cc2/C=C(\C#N)C(=O)NC)cc1. The molecule has 0 saturated heterocycles. The number of likely N-dealkylation sites (N-methyl/N-ethyl adjacent to an activating group) is 1. The van der Waals surface area contributed by atoms with Crippen molar-refractivity contribution in [3.05, 3.63) is 71.9 Å². The van der Waals surface area contributed by atoms with Crippen LogP contribution < -0.4 is 10.1 Å². The maximum atomic E-state index is 12.0. The van der Waals surface area contributed by atoms with Gasteiger partial charge in [-0.05, 0) is 48.9 Å². The van der Waals surface area contributed by atoms with Crippen molar-refractivity contribution in [2.24, 2.45) is 0 Å². The molecule has 3 aromatic rings. The molecule has 0 aliphatic rings. The summed E-state index contributed by atoms with van der Waals surface area (Å²) in [7, 11) is 1.50. The van der Waals surface area contributed by atoms with Crippen LogP contribution in [0.15, 0.2) is 66.4 Å². The summed E-state index contributed by atoms with van der Waals surface area (Å²) in [4.78, 5) is 12.0. The van der Waals surface area contributed by atoms with Crippen molar-refractivity contribution in [3.63, 3.8) is 0 Å². The average molecular weight is 429 g/mol. The van der Waals surface area contributed by atoms with Gasteiger partial charge in [-0.15, -0.1) is 0 Å². The fourth-order valence-electron chi connectivity index (χ4n) is 3.30. The summed E-state index contributed by atoms with van der Waals surface area (Å²) in [6.07, 6.45) is 8.04. The van der Waals surface area contributed by atoms with E-state index in [4.69, 9.17) is 9.84 Å². The van der Waals surface area contributed by atoms with Crippen molar-refractivity contribution in [2.75, 3.05) is 13.7 Å². The fourth-order valence-corrected chi connectivity index (χ4v) is 3.30. The summed E-state index contributed by atoms with van der Waals surface area (Å²) < 4.78 is 7.59. The van der Waals surface area contributed by atoms with E-state index in [1.165, 1.54) is 26.3 Å². The molecule has 164 valence electrons. The zero-order valence-corrected chi connectivity index (χ0v) is 18.5. The summed E-state index contributed by atoms with van der Waals surface area (Å²) >= 11 is 0. The first-order valence-electron chi connectivity index (χ1n) is 10.9. The summed E-state index contributed by atoms with van der Waals surface area (Å²) in [5.74, 6) is 0.380. The van der Waals surface area contributed by atoms with E-state index in [2.05, 4.69) is 12.2 Å². The highest BCUT2D eigenvalue weighted by Crippen LogP contribution is 2.27. The van der Waals surface area contributed by atoms with E-state index in [1.807, 2.05) is 66.9 Å². The van der Waals surface area contributed by atoms with Crippen LogP contribution in [0.4, 0.5) is 0 Å². The van der Waals surface area contributed by atoms with Gasteiger partial charge in [0.05, 0.1) is 18.0 Å². The number of nitriles is 1. The van der Waals surface area contributed by atoms with Gasteiger partial charge >= 0.3 is 0 Å². The van der Waals surface area contributed by atoms with Crippen LogP contribution in [-0.4, -0.2) is 29.3 Å². The van der Waals surface area contributed by atoms with Crippen molar-refractivity contribution in [3.8, 4) is 28.8 Å². The number of hydrogen-bond acceptors (Lipinski definition) is 4. The number of carbonyl (C=O) groups excluding carboxylic acids is 1. The quantitative estimate of drug-likeness (QED) is 0.275. The maximum Gasteiger partial charge on any atom is 0.261 e. The second-order valence-corrected chi connectivity index (χ2v) is 7.40. The van der Waals surface area contributed by atoms with Crippen LogP contribution in [-0.2, 0) is 4.79 Å². The van der Waals surface area contributed by atoms with E-state index < -0.39 is 5.91 Å². The molecule has 32 heavy (non-hydrogen) atoms. The summed E-state index contributed by atoms with van der Waals surface area (Å²) in [6, 6.07) is 19.4. The van der Waals surface area contributed by atoms with E-state index in [1.54, 1.807) is 10.8 Å². The van der Waals surface area contributed by atoms with Crippen molar-refractivity contribution in [1.29, 1.82) is 5.26 Å². The Kier molecular flexibility index (Phi) is 8.22. The Morgan fingerprint density at radius 1 is 1.12 bits per heavy atom. The predicted molar refractivity (Wildman–Crippen MR) is 126 cm³/mol. The van der Waals surface area contributed by atoms with Crippen LogP contribution >= 0.6 is 0 Å². The standard InChI is InChI=1S/C26H28N4O2/c1-3-4-5-9-16-32-24-14-12-20(13-15-24)25-22(17-21(18-27)26(31)28-2)19-30(29-25)23-10-7-6-8-11-23/h6-8,10-15,17,19H,3-5,9,16H2,1-2H3,(H,28,31)/b21-17+. The third kappa shape index (κ3) is 5.86. The van der Waals surface area contributed by atoms with E-state index in [0.29, 0.717) is 17.9 Å². The largest absolute Gasteiger partial charge is 0.494 e. The third-order valence-corrected chi connectivity index (χ3v) is 5.05. The van der Waals surface area contributed by atoms with Crippen molar-refractivity contribution in [2.45, 2.75) is 32.6 Å². The maximum absolute atomic E-state index is 12.0. The molecule has 3 rings (SSSR count). The lowest BCUT2D eigenvalue weighted by Crippen LogP contribution is -2.19. The number of rotatable bonds is 10. The van der Waals surface area contributed by atoms with Crippen LogP contribution in [0.5, 0.6) is 5.75 Å². The molecule has 0 aliphatic heterocycles. The van der Waals surface area contributed by atoms with E-state index >= 15 is 0 Å². The van der Waals surface area contributed by atoms with E-state index in [0.717, 1.165) is 23.4 Å². The Hall–Kier alpha value is -3.85. The van der Waals surface area contributed by atoms with Gasteiger partial charge in [-0.25, -0.2) is 4.68 Å². The van der Waals surface area contributed by atoms with Crippen LogP contribution in [0.1, 0.15) is 38.2 Å². The fraction of sp³-hybridized carbons (Fsp3) is 0.269. The Morgan fingerprint density at radius 2 is 1.88 bits per heavy atom. The lowest BCUT2D eigenvalue weighted by Gasteiger charge is -2.07. The molecule has 6 heteroatoms. The third-order valence-electron chi connectivity index (χ3n) is 5.05. The number of amides is 1. The second-order valence-electron chi connectivity index (χ2n) is 7.40. The molecule has 0 bridgehead atoms. The summed E-state index contributed by atoms with van der Waals surface area (Å²) in [6.45, 7) is 2.89. The number of ether oxygens (including phenoxy) is 1. The van der Waals surface area contributed by atoms with Gasteiger partial charge in [0.25, 0.3) is 5.91 Å². The van der Waals surface area contributed by atoms with Gasteiger partial charge < -0.3 is 10.1 Å². The Bertz CT molecular complexity index is 1090. The van der Waals surface area contributed by atoms with Crippen LogP contribution in [0.25, 0.3) is 23.0 Å². The highest BCUT2D eigenvalue weighted by molar-refractivity contribution is 6.02. The minimum absolute atomic E-state index is 0.0217. The molecule has 0 fully saturated rings. The molecule has 6 nitrogen and oxygen atoms in total. The number of nitrogens with zero attached hydrogens (tertiary/aromatic N) is 3. The molecule has 2 aromatic carbocycles. The van der Waals surface area contributed by atoms with Gasteiger partial charge in [-0.1, -0.05) is 44.4 Å². The molecule has 0 unspecified atom stereocenters. The van der Waals surface area contributed by atoms with Crippen molar-refractivity contribution in [1.82, 2.24) is 15.1 Å². The minimum atomic E-state index is -0.433. The highest BCUT2D eigenvalue weighted by Gasteiger charge is 2.14. The predicted octanol–water partition coefficient (Wildman–Crippen LogP) is 5.15. The monoisotopic (exact) mass is 428 g/mol. The van der Waals surface area contributed by atoms with Crippen molar-refractivity contribution < 1.29 is 9.53 Å². The topological polar surface area (TPSA) is 79.9 Å². The van der Waals surface area contributed by atoms with Crippen LogP contribution in [0.2, 0.25) is 0 Å². The molecule has 0 spiro atoms. The van der Waals surface area contributed by atoms with Crippen LogP contribution in [0.3, 0.4) is 0 Å². The van der Waals surface area contributed by atoms with Crippen LogP contribution in [0, 0.1) is 11.3 Å². The zero-order chi connectivity index (χ0) is 22.8. The molecule has 1 amide bonds. The van der Waals surface area contributed by atoms with Gasteiger partial charge in [0, 0.05) is 24.4 Å². The smallest absolute Gasteiger partial charge is 0.261 e.